The molecule has 2 aromatic heterocycles. The maximum atomic E-state index is 12.3. The van der Waals surface area contributed by atoms with Gasteiger partial charge in [-0.15, -0.1) is 10.2 Å². The molecule has 0 radical (unpaired) electrons. The molecule has 124 valence electrons. The number of benzene rings is 1. The summed E-state index contributed by atoms with van der Waals surface area (Å²) < 4.78 is 1.87. The molecule has 0 aliphatic carbocycles. The number of nitrogens with zero attached hydrogens (tertiary/aromatic N) is 4. The number of anilines is 1. The minimum atomic E-state index is -0.104. The Morgan fingerprint density at radius 3 is 2.62 bits per heavy atom. The van der Waals surface area contributed by atoms with Crippen molar-refractivity contribution in [3.63, 3.8) is 0 Å². The molecule has 2 heterocycles. The Bertz CT molecular complexity index is 853. The molecule has 0 spiro atoms. The maximum Gasteiger partial charge on any atom is 0.230 e. The third kappa shape index (κ3) is 3.35. The van der Waals surface area contributed by atoms with Crippen molar-refractivity contribution in [2.75, 3.05) is 5.32 Å². The van der Waals surface area contributed by atoms with E-state index < -0.39 is 0 Å². The lowest BCUT2D eigenvalue weighted by atomic mass is 10.1. The Morgan fingerprint density at radius 2 is 1.96 bits per heavy atom. The van der Waals surface area contributed by atoms with Gasteiger partial charge in [0.25, 0.3) is 0 Å². The standard InChI is InChI=1S/C17H19N5OS/c1-4-16-19-20-17(24-16)18-15(23)10-14-11(2)21-22(12(14)3)13-8-6-5-7-9-13/h5-9H,4,10H2,1-3H3,(H,18,20,23). The van der Waals surface area contributed by atoms with Gasteiger partial charge in [0.15, 0.2) is 0 Å². The summed E-state index contributed by atoms with van der Waals surface area (Å²) in [6.45, 7) is 5.92. The predicted molar refractivity (Wildman–Crippen MR) is 94.7 cm³/mol. The van der Waals surface area contributed by atoms with Crippen molar-refractivity contribution in [3.8, 4) is 5.69 Å². The van der Waals surface area contributed by atoms with Gasteiger partial charge in [-0.1, -0.05) is 36.5 Å². The molecule has 0 saturated heterocycles. The lowest BCUT2D eigenvalue weighted by Gasteiger charge is -2.05. The zero-order valence-corrected chi connectivity index (χ0v) is 14.7. The fraction of sp³-hybridized carbons (Fsp3) is 0.294. The fourth-order valence-corrected chi connectivity index (χ4v) is 3.22. The number of nitrogens with one attached hydrogen (secondary N) is 1. The van der Waals surface area contributed by atoms with Crippen molar-refractivity contribution in [1.82, 2.24) is 20.0 Å². The van der Waals surface area contributed by atoms with Crippen LogP contribution in [0.1, 0.15) is 28.9 Å². The van der Waals surface area contributed by atoms with E-state index in [-0.39, 0.29) is 12.3 Å². The number of para-hydroxylation sites is 1. The van der Waals surface area contributed by atoms with Crippen LogP contribution in [0.25, 0.3) is 5.69 Å². The average Bonchev–Trinajstić information content (AvgIpc) is 3.15. The summed E-state index contributed by atoms with van der Waals surface area (Å²) in [5.41, 5.74) is 3.76. The van der Waals surface area contributed by atoms with Gasteiger partial charge >= 0.3 is 0 Å². The average molecular weight is 341 g/mol. The van der Waals surface area contributed by atoms with Crippen LogP contribution in [0.15, 0.2) is 30.3 Å². The Hall–Kier alpha value is -2.54. The van der Waals surface area contributed by atoms with E-state index in [4.69, 9.17) is 0 Å². The summed E-state index contributed by atoms with van der Waals surface area (Å²) in [5.74, 6) is -0.104. The van der Waals surface area contributed by atoms with Crippen LogP contribution < -0.4 is 5.32 Å². The first-order valence-corrected chi connectivity index (χ1v) is 8.63. The van der Waals surface area contributed by atoms with Crippen LogP contribution in [0.2, 0.25) is 0 Å². The highest BCUT2D eigenvalue weighted by Gasteiger charge is 2.17. The number of amides is 1. The summed E-state index contributed by atoms with van der Waals surface area (Å²) in [4.78, 5) is 12.3. The molecular formula is C17H19N5OS. The highest BCUT2D eigenvalue weighted by atomic mass is 32.1. The molecular weight excluding hydrogens is 322 g/mol. The van der Waals surface area contributed by atoms with Gasteiger partial charge in [-0.05, 0) is 32.4 Å². The van der Waals surface area contributed by atoms with Crippen LogP contribution in [-0.4, -0.2) is 25.9 Å². The third-order valence-electron chi connectivity index (χ3n) is 3.79. The predicted octanol–water partition coefficient (Wildman–Crippen LogP) is 3.08. The molecule has 0 bridgehead atoms. The van der Waals surface area contributed by atoms with Crippen molar-refractivity contribution >= 4 is 22.4 Å². The Morgan fingerprint density at radius 1 is 1.21 bits per heavy atom. The largest absolute Gasteiger partial charge is 0.300 e. The normalized spacial score (nSPS) is 10.8. The molecule has 1 N–H and O–H groups in total. The van der Waals surface area contributed by atoms with Crippen LogP contribution in [0.3, 0.4) is 0 Å². The SMILES string of the molecule is CCc1nnc(NC(=O)Cc2c(C)nn(-c3ccccc3)c2C)s1. The number of aryl methyl sites for hydroxylation is 2. The zero-order valence-electron chi connectivity index (χ0n) is 13.9. The number of carbonyl (C=O) groups is 1. The first-order chi connectivity index (χ1) is 11.6. The van der Waals surface area contributed by atoms with Crippen molar-refractivity contribution < 1.29 is 4.79 Å². The van der Waals surface area contributed by atoms with E-state index >= 15 is 0 Å². The Balaban J connectivity index is 1.77. The van der Waals surface area contributed by atoms with Gasteiger partial charge in [-0.25, -0.2) is 4.68 Å². The number of carbonyl (C=O) groups excluding carboxylic acids is 1. The minimum Gasteiger partial charge on any atom is -0.300 e. The topological polar surface area (TPSA) is 72.7 Å². The molecule has 7 heteroatoms. The van der Waals surface area contributed by atoms with Crippen LogP contribution in [-0.2, 0) is 17.6 Å². The van der Waals surface area contributed by atoms with Crippen LogP contribution in [0.5, 0.6) is 0 Å². The molecule has 1 aromatic carbocycles. The summed E-state index contributed by atoms with van der Waals surface area (Å²) in [5, 5.41) is 16.8. The summed E-state index contributed by atoms with van der Waals surface area (Å²) >= 11 is 1.41. The first-order valence-electron chi connectivity index (χ1n) is 7.81. The van der Waals surface area contributed by atoms with Gasteiger partial charge in [0, 0.05) is 11.3 Å². The lowest BCUT2D eigenvalue weighted by molar-refractivity contribution is -0.115. The molecule has 0 unspecified atom stereocenters. The Kier molecular flexibility index (Phi) is 4.71. The van der Waals surface area contributed by atoms with Gasteiger partial charge in [0.1, 0.15) is 5.01 Å². The molecule has 0 aliphatic rings. The molecule has 0 saturated carbocycles. The Labute approximate surface area is 144 Å². The molecule has 24 heavy (non-hydrogen) atoms. The van der Waals surface area contributed by atoms with Crippen molar-refractivity contribution in [3.05, 3.63) is 52.3 Å². The minimum absolute atomic E-state index is 0.104. The van der Waals surface area contributed by atoms with Crippen molar-refractivity contribution in [1.29, 1.82) is 0 Å². The van der Waals surface area contributed by atoms with Crippen molar-refractivity contribution in [2.24, 2.45) is 0 Å². The molecule has 3 aromatic rings. The summed E-state index contributed by atoms with van der Waals surface area (Å²) in [7, 11) is 0. The zero-order chi connectivity index (χ0) is 17.1. The second-order valence-corrected chi connectivity index (χ2v) is 6.54. The quantitative estimate of drug-likeness (QED) is 0.774. The number of aromatic nitrogens is 4. The van der Waals surface area contributed by atoms with Crippen molar-refractivity contribution in [2.45, 2.75) is 33.6 Å². The summed E-state index contributed by atoms with van der Waals surface area (Å²) in [6.07, 6.45) is 1.08. The number of hydrogen-bond acceptors (Lipinski definition) is 5. The molecule has 0 aliphatic heterocycles. The molecule has 0 atom stereocenters. The van der Waals surface area contributed by atoms with E-state index in [0.29, 0.717) is 5.13 Å². The third-order valence-corrected chi connectivity index (χ3v) is 4.78. The summed E-state index contributed by atoms with van der Waals surface area (Å²) in [6, 6.07) is 9.90. The van der Waals surface area contributed by atoms with Crippen LogP contribution in [0, 0.1) is 13.8 Å². The fourth-order valence-electron chi connectivity index (χ4n) is 2.52. The molecule has 0 fully saturated rings. The second kappa shape index (κ2) is 6.92. The van der Waals surface area contributed by atoms with Gasteiger partial charge in [-0.3, -0.25) is 4.79 Å². The van der Waals surface area contributed by atoms with Crippen LogP contribution in [0.4, 0.5) is 5.13 Å². The molecule has 3 rings (SSSR count). The van der Waals surface area contributed by atoms with E-state index in [9.17, 15) is 4.79 Å². The van der Waals surface area contributed by atoms with E-state index in [2.05, 4.69) is 20.6 Å². The molecule has 1 amide bonds. The molecule has 6 nitrogen and oxygen atoms in total. The van der Waals surface area contributed by atoms with Crippen LogP contribution >= 0.6 is 11.3 Å². The van der Waals surface area contributed by atoms with Gasteiger partial charge in [-0.2, -0.15) is 5.10 Å². The maximum absolute atomic E-state index is 12.3. The first kappa shape index (κ1) is 16.3. The van der Waals surface area contributed by atoms with E-state index in [1.54, 1.807) is 0 Å². The number of rotatable bonds is 5. The van der Waals surface area contributed by atoms with E-state index in [1.165, 1.54) is 11.3 Å². The highest BCUT2D eigenvalue weighted by Crippen LogP contribution is 2.20. The van der Waals surface area contributed by atoms with E-state index in [1.807, 2.05) is 55.8 Å². The highest BCUT2D eigenvalue weighted by molar-refractivity contribution is 7.15. The second-order valence-electron chi connectivity index (χ2n) is 5.48. The van der Waals surface area contributed by atoms with Gasteiger partial charge in [0.2, 0.25) is 11.0 Å². The monoisotopic (exact) mass is 341 g/mol. The lowest BCUT2D eigenvalue weighted by Crippen LogP contribution is -2.15. The smallest absolute Gasteiger partial charge is 0.230 e. The van der Waals surface area contributed by atoms with E-state index in [0.717, 1.165) is 34.1 Å². The van der Waals surface area contributed by atoms with Gasteiger partial charge in [0.05, 0.1) is 17.8 Å². The van der Waals surface area contributed by atoms with Gasteiger partial charge < -0.3 is 5.32 Å². The number of hydrogen-bond donors (Lipinski definition) is 1.